The summed E-state index contributed by atoms with van der Waals surface area (Å²) < 4.78 is 24.0. The van der Waals surface area contributed by atoms with Gasteiger partial charge >= 0.3 is 6.09 Å². The molecule has 1 unspecified atom stereocenters. The smallest absolute Gasteiger partial charge is 0.410 e. The molecular weight excluding hydrogens is 674 g/mol. The summed E-state index contributed by atoms with van der Waals surface area (Å²) in [5.41, 5.74) is 0.943. The van der Waals surface area contributed by atoms with Gasteiger partial charge in [-0.25, -0.2) is 18.9 Å². The topological polar surface area (TPSA) is 127 Å². The minimum atomic E-state index is -0.755. The molecule has 1 N–H and O–H groups in total. The van der Waals surface area contributed by atoms with Gasteiger partial charge in [-0.1, -0.05) is 53.4 Å². The Morgan fingerprint density at radius 2 is 1.86 bits per heavy atom. The normalized spacial score (nSPS) is 18.9. The first kappa shape index (κ1) is 34.4. The molecule has 1 fully saturated rings. The van der Waals surface area contributed by atoms with Crippen LogP contribution < -0.4 is 15.8 Å². The molecule has 2 aromatic heterocycles. The third kappa shape index (κ3) is 7.57. The Bertz CT molecular complexity index is 1930. The van der Waals surface area contributed by atoms with Crippen molar-refractivity contribution in [1.82, 2.24) is 34.8 Å². The number of amides is 2. The van der Waals surface area contributed by atoms with Crippen molar-refractivity contribution in [1.29, 1.82) is 0 Å². The van der Waals surface area contributed by atoms with Crippen LogP contribution in [0.2, 0.25) is 10.2 Å². The van der Waals surface area contributed by atoms with Crippen LogP contribution in [0.25, 0.3) is 16.9 Å². The first-order chi connectivity index (χ1) is 23.4. The highest BCUT2D eigenvalue weighted by Crippen LogP contribution is 2.33. The van der Waals surface area contributed by atoms with E-state index < -0.39 is 29.6 Å². The summed E-state index contributed by atoms with van der Waals surface area (Å²) >= 11 is 12.1. The van der Waals surface area contributed by atoms with Crippen LogP contribution in [-0.2, 0) is 9.53 Å². The molecule has 2 bridgehead atoms. The van der Waals surface area contributed by atoms with E-state index in [2.05, 4.69) is 20.6 Å². The van der Waals surface area contributed by atoms with Crippen LogP contribution in [0.3, 0.4) is 0 Å². The zero-order valence-electron chi connectivity index (χ0n) is 27.4. The molecule has 49 heavy (non-hydrogen) atoms. The number of fused-ring (bicyclic) bond motifs is 4. The Balaban J connectivity index is 1.35. The molecule has 2 aliphatic rings. The summed E-state index contributed by atoms with van der Waals surface area (Å²) in [4.78, 5) is 48.4. The number of aromatic nitrogens is 5. The molecule has 2 atom stereocenters. The van der Waals surface area contributed by atoms with E-state index in [1.54, 1.807) is 15.5 Å². The number of nitrogens with one attached hydrogen (secondary N) is 1. The monoisotopic (exact) mass is 710 g/mol. The lowest BCUT2D eigenvalue weighted by Gasteiger charge is -2.42. The molecule has 6 rings (SSSR count). The predicted molar refractivity (Wildman–Crippen MR) is 184 cm³/mol. The number of piperazine rings is 1. The largest absolute Gasteiger partial charge is 0.444 e. The maximum absolute atomic E-state index is 15.5. The molecule has 258 valence electrons. The number of carbonyl (C=O) groups is 2. The van der Waals surface area contributed by atoms with Gasteiger partial charge in [0.05, 0.1) is 47.1 Å². The maximum atomic E-state index is 15.5. The Morgan fingerprint density at radius 1 is 1.04 bits per heavy atom. The number of hydrogen-bond acceptors (Lipinski definition) is 8. The van der Waals surface area contributed by atoms with Crippen LogP contribution in [0, 0.1) is 5.82 Å². The number of anilines is 1. The number of benzene rings is 2. The van der Waals surface area contributed by atoms with E-state index in [0.717, 1.165) is 30.5 Å². The SMILES string of the molecule is CC(C)(C)OC(=O)N1CCN2c3cccc(c3)C(n3cnc(-c4c(-n5cc(Cl)nn5)ccc(Cl)c4F)cc3=O)CCCCCNC(=O)[C@H]2C1. The standard InChI is InChI=1S/C34H37Cl2FN8O4/c1-34(2,3)49-33(48)42-14-15-43-22-9-7-8-21(16-22)25(10-5-4-6-13-38-32(47)27(43)18-42)44-20-39-24(17-29(44)46)30-26(12-11-23(35)31(30)37)45-19-28(36)40-41-45/h7-9,11-12,16-17,19-20,25,27H,4-6,10,13-15,18H2,1-3H3,(H,38,47)/t25?,27-/m1/s1. The van der Waals surface area contributed by atoms with E-state index in [1.807, 2.05) is 49.9 Å². The first-order valence-electron chi connectivity index (χ1n) is 16.2. The zero-order chi connectivity index (χ0) is 34.9. The summed E-state index contributed by atoms with van der Waals surface area (Å²) in [5.74, 6) is -0.916. The Morgan fingerprint density at radius 3 is 2.59 bits per heavy atom. The van der Waals surface area contributed by atoms with Gasteiger partial charge in [0, 0.05) is 31.4 Å². The van der Waals surface area contributed by atoms with E-state index in [1.165, 1.54) is 29.3 Å². The molecule has 4 aromatic rings. The summed E-state index contributed by atoms with van der Waals surface area (Å²) in [6, 6.07) is 11.0. The molecule has 2 amide bonds. The lowest BCUT2D eigenvalue weighted by molar-refractivity contribution is -0.123. The molecular formula is C34H37Cl2FN8O4. The predicted octanol–water partition coefficient (Wildman–Crippen LogP) is 5.64. The van der Waals surface area contributed by atoms with Gasteiger partial charge in [-0.3, -0.25) is 14.2 Å². The van der Waals surface area contributed by atoms with E-state index in [4.69, 9.17) is 27.9 Å². The van der Waals surface area contributed by atoms with Crippen molar-refractivity contribution >= 4 is 40.9 Å². The molecule has 0 spiro atoms. The quantitative estimate of drug-likeness (QED) is 0.289. The lowest BCUT2D eigenvalue weighted by Crippen LogP contribution is -2.60. The van der Waals surface area contributed by atoms with E-state index in [-0.39, 0.29) is 45.1 Å². The van der Waals surface area contributed by atoms with E-state index in [0.29, 0.717) is 26.1 Å². The highest BCUT2D eigenvalue weighted by atomic mass is 35.5. The first-order valence-corrected chi connectivity index (χ1v) is 16.9. The van der Waals surface area contributed by atoms with Gasteiger partial charge in [0.2, 0.25) is 5.91 Å². The number of hydrogen-bond donors (Lipinski definition) is 1. The summed E-state index contributed by atoms with van der Waals surface area (Å²) in [5, 5.41) is 10.7. The third-order valence-corrected chi connectivity index (χ3v) is 9.05. The van der Waals surface area contributed by atoms with Gasteiger partial charge in [0.15, 0.2) is 11.0 Å². The number of halogens is 3. The van der Waals surface area contributed by atoms with Crippen LogP contribution in [0.15, 0.2) is 59.8 Å². The van der Waals surface area contributed by atoms with Crippen LogP contribution in [0.5, 0.6) is 0 Å². The van der Waals surface area contributed by atoms with E-state index >= 15 is 4.39 Å². The van der Waals surface area contributed by atoms with Crippen LogP contribution in [0.1, 0.15) is 58.1 Å². The molecule has 2 aliphatic heterocycles. The van der Waals surface area contributed by atoms with Crippen LogP contribution >= 0.6 is 23.2 Å². The van der Waals surface area contributed by atoms with Gasteiger partial charge in [-0.2, -0.15) is 0 Å². The van der Waals surface area contributed by atoms with Crippen molar-refractivity contribution in [2.75, 3.05) is 31.1 Å². The molecule has 12 nitrogen and oxygen atoms in total. The fourth-order valence-electron chi connectivity index (χ4n) is 6.27. The van der Waals surface area contributed by atoms with Crippen LogP contribution in [0.4, 0.5) is 14.9 Å². The number of rotatable bonds is 3. The van der Waals surface area contributed by atoms with Gasteiger partial charge in [0.25, 0.3) is 5.56 Å². The minimum Gasteiger partial charge on any atom is -0.444 e. The van der Waals surface area contributed by atoms with Gasteiger partial charge in [0.1, 0.15) is 11.6 Å². The molecule has 15 heteroatoms. The summed E-state index contributed by atoms with van der Waals surface area (Å²) in [6.07, 6.45) is 5.35. The van der Waals surface area contributed by atoms with Crippen molar-refractivity contribution in [2.24, 2.45) is 0 Å². The highest BCUT2D eigenvalue weighted by Gasteiger charge is 2.36. The summed E-state index contributed by atoms with van der Waals surface area (Å²) in [7, 11) is 0. The van der Waals surface area contributed by atoms with E-state index in [9.17, 15) is 14.4 Å². The van der Waals surface area contributed by atoms with Crippen molar-refractivity contribution in [2.45, 2.75) is 64.1 Å². The van der Waals surface area contributed by atoms with Gasteiger partial charge in [-0.15, -0.1) is 5.10 Å². The Hall–Kier alpha value is -4.49. The molecule has 0 saturated carbocycles. The average molecular weight is 712 g/mol. The zero-order valence-corrected chi connectivity index (χ0v) is 28.9. The molecule has 2 aromatic carbocycles. The lowest BCUT2D eigenvalue weighted by atomic mass is 9.98. The van der Waals surface area contributed by atoms with Crippen molar-refractivity contribution < 1.29 is 18.7 Å². The third-order valence-electron chi connectivity index (χ3n) is 8.59. The number of carbonyl (C=O) groups excluding carboxylic acids is 2. The van der Waals surface area contributed by atoms with Crippen molar-refractivity contribution in [3.63, 3.8) is 0 Å². The fourth-order valence-corrected chi connectivity index (χ4v) is 6.56. The second-order valence-corrected chi connectivity index (χ2v) is 13.9. The average Bonchev–Trinajstić information content (AvgIpc) is 3.50. The number of nitrogens with zero attached hydrogens (tertiary/aromatic N) is 7. The Labute approximate surface area is 292 Å². The number of ether oxygens (including phenoxy) is 1. The maximum Gasteiger partial charge on any atom is 0.410 e. The van der Waals surface area contributed by atoms with Crippen molar-refractivity contribution in [3.05, 3.63) is 86.9 Å². The fraction of sp³-hybridized carbons (Fsp3) is 0.412. The van der Waals surface area contributed by atoms with Crippen molar-refractivity contribution in [3.8, 4) is 16.9 Å². The van der Waals surface area contributed by atoms with Crippen LogP contribution in [-0.4, -0.2) is 79.3 Å². The highest BCUT2D eigenvalue weighted by molar-refractivity contribution is 6.31. The molecule has 0 aliphatic carbocycles. The second-order valence-electron chi connectivity index (χ2n) is 13.1. The van der Waals surface area contributed by atoms with Gasteiger partial charge < -0.3 is 19.9 Å². The molecule has 1 saturated heterocycles. The molecule has 4 heterocycles. The van der Waals surface area contributed by atoms with Gasteiger partial charge in [-0.05, 0) is 63.4 Å². The second kappa shape index (κ2) is 14.2. The Kier molecular flexibility index (Phi) is 9.94. The molecule has 0 radical (unpaired) electrons. The summed E-state index contributed by atoms with van der Waals surface area (Å²) in [6.45, 7) is 6.87. The minimum absolute atomic E-state index is 0.0102.